The van der Waals surface area contributed by atoms with Crippen LogP contribution in [0.4, 0.5) is 0 Å². The smallest absolute Gasteiger partial charge is 0.191 e. The molecule has 0 unspecified atom stereocenters. The lowest BCUT2D eigenvalue weighted by molar-refractivity contribution is 0.297. The number of nitrogens with zero attached hydrogens (tertiary/aromatic N) is 3. The molecule has 0 radical (unpaired) electrons. The molecule has 4 nitrogen and oxygen atoms in total. The van der Waals surface area contributed by atoms with E-state index in [0.717, 1.165) is 32.0 Å². The van der Waals surface area contributed by atoms with Crippen molar-refractivity contribution in [1.29, 1.82) is 0 Å². The third-order valence-electron chi connectivity index (χ3n) is 3.51. The van der Waals surface area contributed by atoms with Crippen LogP contribution in [0.3, 0.4) is 0 Å². The van der Waals surface area contributed by atoms with E-state index >= 15 is 0 Å². The minimum atomic E-state index is 0. The minimum absolute atomic E-state index is 0. The van der Waals surface area contributed by atoms with E-state index in [1.54, 1.807) is 0 Å². The van der Waals surface area contributed by atoms with Crippen molar-refractivity contribution in [3.8, 4) is 0 Å². The van der Waals surface area contributed by atoms with Gasteiger partial charge in [-0.3, -0.25) is 4.99 Å². The summed E-state index contributed by atoms with van der Waals surface area (Å²) < 4.78 is 0. The van der Waals surface area contributed by atoms with Crippen LogP contribution in [-0.2, 0) is 0 Å². The maximum absolute atomic E-state index is 5.92. The SMILES string of the molecule is CCN(CC)CCCCN=C(N)N(C)C1CC1.I. The fourth-order valence-corrected chi connectivity index (χ4v) is 1.94. The third-order valence-corrected chi connectivity index (χ3v) is 3.51. The van der Waals surface area contributed by atoms with Crippen LogP contribution in [0.5, 0.6) is 0 Å². The zero-order valence-electron chi connectivity index (χ0n) is 12.1. The predicted octanol–water partition coefficient (Wildman–Crippen LogP) is 2.14. The Morgan fingerprint density at radius 2 is 1.83 bits per heavy atom. The zero-order chi connectivity index (χ0) is 12.7. The molecule has 0 aromatic heterocycles. The molecule has 1 aliphatic carbocycles. The van der Waals surface area contributed by atoms with E-state index in [9.17, 15) is 0 Å². The first-order chi connectivity index (χ1) is 8.19. The second kappa shape index (κ2) is 9.83. The summed E-state index contributed by atoms with van der Waals surface area (Å²) in [6.45, 7) is 8.76. The summed E-state index contributed by atoms with van der Waals surface area (Å²) in [4.78, 5) is 9.00. The van der Waals surface area contributed by atoms with Gasteiger partial charge in [-0.25, -0.2) is 0 Å². The van der Waals surface area contributed by atoms with Crippen LogP contribution in [0.1, 0.15) is 39.5 Å². The monoisotopic (exact) mass is 368 g/mol. The normalized spacial score (nSPS) is 15.7. The van der Waals surface area contributed by atoms with Crippen LogP contribution in [0.25, 0.3) is 0 Å². The lowest BCUT2D eigenvalue weighted by atomic mass is 10.3. The minimum Gasteiger partial charge on any atom is -0.370 e. The number of guanidine groups is 1. The molecular formula is C13H29IN4. The zero-order valence-corrected chi connectivity index (χ0v) is 14.4. The largest absolute Gasteiger partial charge is 0.370 e. The lowest BCUT2D eigenvalue weighted by Crippen LogP contribution is -2.35. The fourth-order valence-electron chi connectivity index (χ4n) is 1.94. The number of nitrogens with two attached hydrogens (primary N) is 1. The Balaban J connectivity index is 0.00000289. The summed E-state index contributed by atoms with van der Waals surface area (Å²) in [5.74, 6) is 0.718. The highest BCUT2D eigenvalue weighted by molar-refractivity contribution is 14.0. The molecule has 2 N–H and O–H groups in total. The number of aliphatic imine (C=N–C) groups is 1. The van der Waals surface area contributed by atoms with Gasteiger partial charge in [-0.15, -0.1) is 24.0 Å². The van der Waals surface area contributed by atoms with Gasteiger partial charge in [-0.1, -0.05) is 13.8 Å². The highest BCUT2D eigenvalue weighted by Gasteiger charge is 2.27. The van der Waals surface area contributed by atoms with E-state index in [0.29, 0.717) is 6.04 Å². The predicted molar refractivity (Wildman–Crippen MR) is 89.7 cm³/mol. The molecule has 1 fully saturated rings. The molecule has 1 rings (SSSR count). The van der Waals surface area contributed by atoms with Crippen LogP contribution in [-0.4, -0.2) is 55.0 Å². The molecule has 1 saturated carbocycles. The number of rotatable bonds is 8. The number of hydrogen-bond donors (Lipinski definition) is 1. The molecule has 0 aromatic carbocycles. The Kier molecular flexibility index (Phi) is 9.81. The number of halogens is 1. The molecule has 1 aliphatic rings. The van der Waals surface area contributed by atoms with Gasteiger partial charge in [-0.05, 0) is 45.3 Å². The maximum Gasteiger partial charge on any atom is 0.191 e. The first-order valence-corrected chi connectivity index (χ1v) is 6.94. The molecule has 0 heterocycles. The van der Waals surface area contributed by atoms with Crippen LogP contribution >= 0.6 is 24.0 Å². The van der Waals surface area contributed by atoms with Gasteiger partial charge in [0.15, 0.2) is 5.96 Å². The van der Waals surface area contributed by atoms with E-state index < -0.39 is 0 Å². The molecule has 0 spiro atoms. The van der Waals surface area contributed by atoms with Crippen molar-refractivity contribution in [1.82, 2.24) is 9.80 Å². The van der Waals surface area contributed by atoms with Gasteiger partial charge in [0.1, 0.15) is 0 Å². The average molecular weight is 368 g/mol. The van der Waals surface area contributed by atoms with E-state index in [4.69, 9.17) is 5.73 Å². The van der Waals surface area contributed by atoms with Crippen molar-refractivity contribution in [3.63, 3.8) is 0 Å². The van der Waals surface area contributed by atoms with Crippen molar-refractivity contribution < 1.29 is 0 Å². The molecule has 108 valence electrons. The summed E-state index contributed by atoms with van der Waals surface area (Å²) in [6.07, 6.45) is 4.89. The van der Waals surface area contributed by atoms with Crippen LogP contribution < -0.4 is 5.73 Å². The van der Waals surface area contributed by atoms with Gasteiger partial charge in [0, 0.05) is 19.6 Å². The molecule has 5 heteroatoms. The molecular weight excluding hydrogens is 339 g/mol. The second-order valence-corrected chi connectivity index (χ2v) is 4.82. The summed E-state index contributed by atoms with van der Waals surface area (Å²) >= 11 is 0. The molecule has 0 aliphatic heterocycles. The number of unbranched alkanes of at least 4 members (excludes halogenated alkanes) is 1. The van der Waals surface area contributed by atoms with Gasteiger partial charge in [0.05, 0.1) is 0 Å². The van der Waals surface area contributed by atoms with Crippen LogP contribution in [0.2, 0.25) is 0 Å². The Morgan fingerprint density at radius 3 is 2.33 bits per heavy atom. The van der Waals surface area contributed by atoms with Crippen molar-refractivity contribution in [2.45, 2.75) is 45.6 Å². The van der Waals surface area contributed by atoms with Crippen molar-refractivity contribution >= 4 is 29.9 Å². The van der Waals surface area contributed by atoms with Gasteiger partial charge in [0.25, 0.3) is 0 Å². The topological polar surface area (TPSA) is 44.9 Å². The van der Waals surface area contributed by atoms with Crippen molar-refractivity contribution in [2.24, 2.45) is 10.7 Å². The standard InChI is InChI=1S/C13H28N4.HI/c1-4-17(5-2)11-7-6-10-15-13(14)16(3)12-8-9-12;/h12H,4-11H2,1-3H3,(H2,14,15);1H. The second-order valence-electron chi connectivity index (χ2n) is 4.82. The molecule has 0 aromatic rings. The summed E-state index contributed by atoms with van der Waals surface area (Å²) in [7, 11) is 2.05. The molecule has 0 atom stereocenters. The Labute approximate surface area is 129 Å². The fraction of sp³-hybridized carbons (Fsp3) is 0.923. The Morgan fingerprint density at radius 1 is 1.22 bits per heavy atom. The van der Waals surface area contributed by atoms with E-state index in [1.807, 2.05) is 7.05 Å². The summed E-state index contributed by atoms with van der Waals surface area (Å²) in [6, 6.07) is 0.662. The van der Waals surface area contributed by atoms with Gasteiger partial charge >= 0.3 is 0 Å². The lowest BCUT2D eigenvalue weighted by Gasteiger charge is -2.18. The maximum atomic E-state index is 5.92. The molecule has 0 saturated heterocycles. The van der Waals surface area contributed by atoms with E-state index in [2.05, 4.69) is 28.6 Å². The first-order valence-electron chi connectivity index (χ1n) is 6.94. The van der Waals surface area contributed by atoms with E-state index in [1.165, 1.54) is 25.8 Å². The van der Waals surface area contributed by atoms with Crippen LogP contribution in [0.15, 0.2) is 4.99 Å². The van der Waals surface area contributed by atoms with Gasteiger partial charge < -0.3 is 15.5 Å². The third kappa shape index (κ3) is 6.78. The summed E-state index contributed by atoms with van der Waals surface area (Å²) in [5.41, 5.74) is 5.92. The van der Waals surface area contributed by atoms with Crippen LogP contribution in [0, 0.1) is 0 Å². The molecule has 18 heavy (non-hydrogen) atoms. The van der Waals surface area contributed by atoms with Gasteiger partial charge in [0.2, 0.25) is 0 Å². The number of hydrogen-bond acceptors (Lipinski definition) is 2. The Bertz CT molecular complexity index is 237. The first kappa shape index (κ1) is 18.0. The van der Waals surface area contributed by atoms with Crippen molar-refractivity contribution in [3.05, 3.63) is 0 Å². The van der Waals surface area contributed by atoms with E-state index in [-0.39, 0.29) is 24.0 Å². The Hall–Kier alpha value is -0.0400. The molecule has 0 bridgehead atoms. The summed E-state index contributed by atoms with van der Waals surface area (Å²) in [5, 5.41) is 0. The molecule has 0 amide bonds. The quantitative estimate of drug-likeness (QED) is 0.309. The highest BCUT2D eigenvalue weighted by Crippen LogP contribution is 2.24. The van der Waals surface area contributed by atoms with Crippen molar-refractivity contribution in [2.75, 3.05) is 33.2 Å². The van der Waals surface area contributed by atoms with Gasteiger partial charge in [-0.2, -0.15) is 0 Å². The average Bonchev–Trinajstić information content (AvgIpc) is 3.16. The highest BCUT2D eigenvalue weighted by atomic mass is 127.